The zero-order chi connectivity index (χ0) is 11.4. The molecule has 0 aliphatic rings. The SMILES string of the molecule is C=C(CCC(=O)OC(C)(C)C)C(C)=O. The number of Topliss-reactive ketones (excluding diaryl/α,β-unsaturated/α-hetero) is 1. The van der Waals surface area contributed by atoms with E-state index in [-0.39, 0.29) is 18.2 Å². The molecule has 3 nitrogen and oxygen atoms in total. The highest BCUT2D eigenvalue weighted by atomic mass is 16.6. The van der Waals surface area contributed by atoms with Crippen LogP contribution in [0.2, 0.25) is 0 Å². The maximum atomic E-state index is 11.2. The van der Waals surface area contributed by atoms with Crippen molar-refractivity contribution >= 4 is 11.8 Å². The van der Waals surface area contributed by atoms with Gasteiger partial charge in [0.15, 0.2) is 5.78 Å². The van der Waals surface area contributed by atoms with Gasteiger partial charge >= 0.3 is 5.97 Å². The second-order valence-electron chi connectivity index (χ2n) is 4.25. The molecule has 0 amide bonds. The van der Waals surface area contributed by atoms with Gasteiger partial charge in [-0.2, -0.15) is 0 Å². The van der Waals surface area contributed by atoms with Gasteiger partial charge in [-0.3, -0.25) is 9.59 Å². The van der Waals surface area contributed by atoms with Crippen molar-refractivity contribution in [2.75, 3.05) is 0 Å². The lowest BCUT2D eigenvalue weighted by molar-refractivity contribution is -0.154. The van der Waals surface area contributed by atoms with Crippen LogP contribution in [0.3, 0.4) is 0 Å². The van der Waals surface area contributed by atoms with Crippen LogP contribution in [0, 0.1) is 0 Å². The van der Waals surface area contributed by atoms with Gasteiger partial charge in [-0.1, -0.05) is 6.58 Å². The number of ether oxygens (including phenoxy) is 1. The molecular weight excluding hydrogens is 180 g/mol. The zero-order valence-corrected chi connectivity index (χ0v) is 9.35. The number of esters is 1. The molecule has 0 aromatic rings. The molecule has 0 aliphatic heterocycles. The van der Waals surface area contributed by atoms with E-state index < -0.39 is 5.60 Å². The summed E-state index contributed by atoms with van der Waals surface area (Å²) in [4.78, 5) is 22.0. The van der Waals surface area contributed by atoms with Gasteiger partial charge in [0.2, 0.25) is 0 Å². The van der Waals surface area contributed by atoms with E-state index in [4.69, 9.17) is 4.74 Å². The van der Waals surface area contributed by atoms with Crippen LogP contribution in [-0.2, 0) is 14.3 Å². The first-order valence-corrected chi connectivity index (χ1v) is 4.63. The molecule has 0 radical (unpaired) electrons. The minimum atomic E-state index is -0.464. The number of carbonyl (C=O) groups excluding carboxylic acids is 2. The molecule has 0 saturated heterocycles. The second-order valence-corrected chi connectivity index (χ2v) is 4.25. The molecule has 0 aromatic carbocycles. The molecule has 0 bridgehead atoms. The fraction of sp³-hybridized carbons (Fsp3) is 0.636. The topological polar surface area (TPSA) is 43.4 Å². The van der Waals surface area contributed by atoms with Crippen LogP contribution >= 0.6 is 0 Å². The maximum absolute atomic E-state index is 11.2. The molecule has 80 valence electrons. The molecule has 0 atom stereocenters. The fourth-order valence-electron chi connectivity index (χ4n) is 0.822. The summed E-state index contributed by atoms with van der Waals surface area (Å²) in [6.07, 6.45) is 0.597. The average molecular weight is 198 g/mol. The van der Waals surface area contributed by atoms with E-state index >= 15 is 0 Å². The second kappa shape index (κ2) is 4.94. The molecule has 0 aromatic heterocycles. The van der Waals surface area contributed by atoms with Crippen LogP contribution in [-0.4, -0.2) is 17.4 Å². The van der Waals surface area contributed by atoms with Crippen LogP contribution in [0.25, 0.3) is 0 Å². The van der Waals surface area contributed by atoms with E-state index in [0.717, 1.165) is 0 Å². The van der Waals surface area contributed by atoms with Crippen molar-refractivity contribution in [3.8, 4) is 0 Å². The smallest absolute Gasteiger partial charge is 0.306 e. The summed E-state index contributed by atoms with van der Waals surface area (Å²) in [6.45, 7) is 10.4. The predicted octanol–water partition coefficient (Wildman–Crippen LogP) is 2.25. The van der Waals surface area contributed by atoms with Crippen molar-refractivity contribution in [2.24, 2.45) is 0 Å². The Hall–Kier alpha value is -1.12. The van der Waals surface area contributed by atoms with Crippen molar-refractivity contribution in [1.29, 1.82) is 0 Å². The summed E-state index contributed by atoms with van der Waals surface area (Å²) in [5.41, 5.74) is 0.00474. The highest BCUT2D eigenvalue weighted by Gasteiger charge is 2.16. The normalized spacial score (nSPS) is 10.9. The summed E-state index contributed by atoms with van der Waals surface area (Å²) in [7, 11) is 0. The van der Waals surface area contributed by atoms with Crippen LogP contribution < -0.4 is 0 Å². The Morgan fingerprint density at radius 1 is 1.21 bits per heavy atom. The van der Waals surface area contributed by atoms with Gasteiger partial charge in [-0.05, 0) is 39.7 Å². The van der Waals surface area contributed by atoms with E-state index in [1.807, 2.05) is 20.8 Å². The summed E-state index contributed by atoms with van der Waals surface area (Å²) in [5.74, 6) is -0.367. The van der Waals surface area contributed by atoms with Crippen LogP contribution in [0.4, 0.5) is 0 Å². The van der Waals surface area contributed by atoms with Gasteiger partial charge in [0.25, 0.3) is 0 Å². The molecule has 0 unspecified atom stereocenters. The van der Waals surface area contributed by atoms with Crippen LogP contribution in [0.5, 0.6) is 0 Å². The summed E-state index contributed by atoms with van der Waals surface area (Å²) in [6, 6.07) is 0. The Labute approximate surface area is 85.1 Å². The molecule has 0 heterocycles. The molecule has 0 N–H and O–H groups in total. The largest absolute Gasteiger partial charge is 0.460 e. The Bertz CT molecular complexity index is 246. The highest BCUT2D eigenvalue weighted by molar-refractivity contribution is 5.93. The first-order valence-electron chi connectivity index (χ1n) is 4.63. The van der Waals surface area contributed by atoms with E-state index in [0.29, 0.717) is 12.0 Å². The summed E-state index contributed by atoms with van der Waals surface area (Å²) in [5, 5.41) is 0. The molecule has 0 rings (SSSR count). The lowest BCUT2D eigenvalue weighted by Crippen LogP contribution is -2.23. The van der Waals surface area contributed by atoms with Crippen LogP contribution in [0.1, 0.15) is 40.5 Å². The van der Waals surface area contributed by atoms with Gasteiger partial charge in [0.1, 0.15) is 5.60 Å². The first kappa shape index (κ1) is 12.9. The third-order valence-electron chi connectivity index (χ3n) is 1.55. The van der Waals surface area contributed by atoms with Gasteiger partial charge in [0.05, 0.1) is 0 Å². The summed E-state index contributed by atoms with van der Waals surface area (Å²) < 4.78 is 5.08. The molecule has 0 spiro atoms. The molecule has 0 saturated carbocycles. The van der Waals surface area contributed by atoms with Gasteiger partial charge in [-0.25, -0.2) is 0 Å². The Morgan fingerprint density at radius 3 is 2.07 bits per heavy atom. The van der Waals surface area contributed by atoms with E-state index in [9.17, 15) is 9.59 Å². The highest BCUT2D eigenvalue weighted by Crippen LogP contribution is 2.11. The van der Waals surface area contributed by atoms with E-state index in [2.05, 4.69) is 6.58 Å². The standard InChI is InChI=1S/C11H18O3/c1-8(9(2)12)6-7-10(13)14-11(3,4)5/h1,6-7H2,2-5H3. The van der Waals surface area contributed by atoms with Crippen LogP contribution in [0.15, 0.2) is 12.2 Å². The number of ketones is 1. The number of hydrogen-bond donors (Lipinski definition) is 0. The zero-order valence-electron chi connectivity index (χ0n) is 9.35. The summed E-state index contributed by atoms with van der Waals surface area (Å²) >= 11 is 0. The van der Waals surface area contributed by atoms with E-state index in [1.165, 1.54) is 6.92 Å². The Kier molecular flexibility index (Phi) is 4.54. The van der Waals surface area contributed by atoms with Gasteiger partial charge < -0.3 is 4.74 Å². The van der Waals surface area contributed by atoms with Gasteiger partial charge in [0, 0.05) is 6.42 Å². The van der Waals surface area contributed by atoms with Gasteiger partial charge in [-0.15, -0.1) is 0 Å². The monoisotopic (exact) mass is 198 g/mol. The minimum absolute atomic E-state index is 0.0754. The maximum Gasteiger partial charge on any atom is 0.306 e. The third kappa shape index (κ3) is 6.40. The lowest BCUT2D eigenvalue weighted by Gasteiger charge is -2.19. The number of hydrogen-bond acceptors (Lipinski definition) is 3. The molecule has 0 fully saturated rings. The Morgan fingerprint density at radius 2 is 1.71 bits per heavy atom. The van der Waals surface area contributed by atoms with E-state index in [1.54, 1.807) is 0 Å². The average Bonchev–Trinajstić information content (AvgIpc) is 1.96. The number of carbonyl (C=O) groups is 2. The molecule has 14 heavy (non-hydrogen) atoms. The minimum Gasteiger partial charge on any atom is -0.460 e. The number of allylic oxidation sites excluding steroid dienone is 1. The van der Waals surface area contributed by atoms with Crippen molar-refractivity contribution in [3.05, 3.63) is 12.2 Å². The molecule has 0 aliphatic carbocycles. The number of rotatable bonds is 4. The lowest BCUT2D eigenvalue weighted by atomic mass is 10.1. The third-order valence-corrected chi connectivity index (χ3v) is 1.55. The van der Waals surface area contributed by atoms with Crippen molar-refractivity contribution < 1.29 is 14.3 Å². The van der Waals surface area contributed by atoms with Crippen molar-refractivity contribution in [2.45, 2.75) is 46.1 Å². The quantitative estimate of drug-likeness (QED) is 0.514. The first-order chi connectivity index (χ1) is 6.22. The predicted molar refractivity (Wildman–Crippen MR) is 54.9 cm³/mol. The Balaban J connectivity index is 3.87. The molecule has 3 heteroatoms. The molecular formula is C11H18O3. The fourth-order valence-corrected chi connectivity index (χ4v) is 0.822. The van der Waals surface area contributed by atoms with Crippen molar-refractivity contribution in [3.63, 3.8) is 0 Å². The van der Waals surface area contributed by atoms with Crippen molar-refractivity contribution in [1.82, 2.24) is 0 Å².